The van der Waals surface area contributed by atoms with E-state index in [2.05, 4.69) is 44.8 Å². The van der Waals surface area contributed by atoms with E-state index in [4.69, 9.17) is 0 Å². The Morgan fingerprint density at radius 3 is 1.70 bits per heavy atom. The molecule has 0 amide bonds. The molecule has 10 heavy (non-hydrogen) atoms. The van der Waals surface area contributed by atoms with Gasteiger partial charge in [-0.3, -0.25) is 0 Å². The summed E-state index contributed by atoms with van der Waals surface area (Å²) < 4.78 is 2.44. The van der Waals surface area contributed by atoms with Gasteiger partial charge in [0.2, 0.25) is 0 Å². The zero-order valence-corrected chi connectivity index (χ0v) is 10.4. The van der Waals surface area contributed by atoms with Gasteiger partial charge in [0.15, 0.2) is 0 Å². The van der Waals surface area contributed by atoms with Gasteiger partial charge in [-0.2, -0.15) is 0 Å². The lowest BCUT2D eigenvalue weighted by Crippen LogP contribution is -2.37. The van der Waals surface area contributed by atoms with Crippen molar-refractivity contribution in [3.63, 3.8) is 0 Å². The Hall–Kier alpha value is 0.394. The van der Waals surface area contributed by atoms with E-state index in [9.17, 15) is 0 Å². The van der Waals surface area contributed by atoms with Crippen molar-refractivity contribution >= 4 is 17.0 Å². The Morgan fingerprint density at radius 1 is 1.20 bits per heavy atom. The van der Waals surface area contributed by atoms with Gasteiger partial charge in [-0.05, 0) is 14.1 Å². The third-order valence-corrected chi connectivity index (χ3v) is 10.8. The highest BCUT2D eigenvalue weighted by molar-refractivity contribution is 6.86. The van der Waals surface area contributed by atoms with Crippen molar-refractivity contribution < 1.29 is 0 Å². The fraction of sp³-hybridized carbons (Fsp3) is 1.00. The molecule has 0 aromatic carbocycles. The van der Waals surface area contributed by atoms with Gasteiger partial charge in [0.05, 0.1) is 0 Å². The molecule has 1 nitrogen and oxygen atoms in total. The van der Waals surface area contributed by atoms with Crippen molar-refractivity contribution in [3.05, 3.63) is 0 Å². The zero-order chi connectivity index (χ0) is 8.36. The van der Waals surface area contributed by atoms with Crippen LogP contribution in [0.1, 0.15) is 0 Å². The standard InChI is InChI=1S/C7H21NSi2/c1-8(2)9(3)7-10(4,5)6/h9H,7H2,1-6H3. The predicted octanol–water partition coefficient (Wildman–Crippen LogP) is 1.78. The molecule has 3 heteroatoms. The van der Waals surface area contributed by atoms with E-state index >= 15 is 0 Å². The third kappa shape index (κ3) is 5.20. The molecule has 0 fully saturated rings. The van der Waals surface area contributed by atoms with Gasteiger partial charge in [0.1, 0.15) is 8.96 Å². The fourth-order valence-electron chi connectivity index (χ4n) is 1.07. The smallest absolute Gasteiger partial charge is 0.105 e. The molecule has 62 valence electrons. The van der Waals surface area contributed by atoms with Crippen molar-refractivity contribution in [1.82, 2.24) is 4.57 Å². The van der Waals surface area contributed by atoms with E-state index in [1.165, 1.54) is 0 Å². The monoisotopic (exact) mass is 175 g/mol. The maximum absolute atomic E-state index is 2.46. The number of nitrogens with zero attached hydrogens (tertiary/aromatic N) is 1. The van der Waals surface area contributed by atoms with Crippen LogP contribution in [0.15, 0.2) is 0 Å². The SMILES string of the molecule is CN(C)[SiH](C)C[Si](C)(C)C. The first-order valence-electron chi connectivity index (χ1n) is 3.99. The third-order valence-electron chi connectivity index (χ3n) is 1.79. The van der Waals surface area contributed by atoms with E-state index in [0.29, 0.717) is 0 Å². The summed E-state index contributed by atoms with van der Waals surface area (Å²) in [7, 11) is 3.17. The lowest BCUT2D eigenvalue weighted by Gasteiger charge is -2.25. The Kier molecular flexibility index (Phi) is 3.83. The van der Waals surface area contributed by atoms with Crippen molar-refractivity contribution in [2.24, 2.45) is 0 Å². The highest BCUT2D eigenvalue weighted by atomic mass is 28.4. The Bertz CT molecular complexity index is 96.3. The molecule has 0 heterocycles. The molecule has 0 aliphatic rings. The van der Waals surface area contributed by atoms with Crippen molar-refractivity contribution in [2.45, 2.75) is 31.9 Å². The van der Waals surface area contributed by atoms with Crippen LogP contribution in [0.4, 0.5) is 0 Å². The summed E-state index contributed by atoms with van der Waals surface area (Å²) in [5.41, 5.74) is 1.54. The molecule has 0 aliphatic carbocycles. The van der Waals surface area contributed by atoms with Gasteiger partial charge in [-0.1, -0.05) is 31.9 Å². The summed E-state index contributed by atoms with van der Waals surface area (Å²) in [6.07, 6.45) is 0. The maximum atomic E-state index is 2.46. The topological polar surface area (TPSA) is 3.24 Å². The van der Waals surface area contributed by atoms with Crippen LogP contribution in [0.2, 0.25) is 31.9 Å². The molecule has 0 saturated heterocycles. The van der Waals surface area contributed by atoms with Crippen LogP contribution in [-0.4, -0.2) is 35.7 Å². The molecule has 1 atom stereocenters. The summed E-state index contributed by atoms with van der Waals surface area (Å²) in [5, 5.41) is 0. The summed E-state index contributed by atoms with van der Waals surface area (Å²) in [6, 6.07) is 0. The molecule has 0 radical (unpaired) electrons. The van der Waals surface area contributed by atoms with Crippen molar-refractivity contribution in [1.29, 1.82) is 0 Å². The quantitative estimate of drug-likeness (QED) is 0.591. The number of hydrogen-bond donors (Lipinski definition) is 0. The average Bonchev–Trinajstić information content (AvgIpc) is 1.60. The van der Waals surface area contributed by atoms with Crippen LogP contribution in [0, 0.1) is 0 Å². The van der Waals surface area contributed by atoms with Gasteiger partial charge in [0, 0.05) is 8.07 Å². The van der Waals surface area contributed by atoms with Crippen LogP contribution in [0.5, 0.6) is 0 Å². The highest BCUT2D eigenvalue weighted by Gasteiger charge is 2.19. The van der Waals surface area contributed by atoms with E-state index in [1.54, 1.807) is 5.67 Å². The van der Waals surface area contributed by atoms with E-state index in [1.807, 2.05) is 0 Å². The first-order chi connectivity index (χ1) is 4.33. The summed E-state index contributed by atoms with van der Waals surface area (Å²) >= 11 is 0. The molecular formula is C7H21NSi2. The normalized spacial score (nSPS) is 15.9. The molecule has 0 aromatic heterocycles. The Labute approximate surface area is 68.1 Å². The largest absolute Gasteiger partial charge is 0.332 e. The number of hydrogen-bond acceptors (Lipinski definition) is 1. The van der Waals surface area contributed by atoms with Crippen LogP contribution < -0.4 is 0 Å². The fourth-order valence-corrected chi connectivity index (χ4v) is 9.62. The zero-order valence-electron chi connectivity index (χ0n) is 8.23. The molecule has 0 bridgehead atoms. The van der Waals surface area contributed by atoms with Gasteiger partial charge in [0.25, 0.3) is 0 Å². The average molecular weight is 175 g/mol. The van der Waals surface area contributed by atoms with Gasteiger partial charge in [-0.25, -0.2) is 0 Å². The predicted molar refractivity (Wildman–Crippen MR) is 54.9 cm³/mol. The minimum absolute atomic E-state index is 0.505. The van der Waals surface area contributed by atoms with Gasteiger partial charge in [-0.15, -0.1) is 0 Å². The molecule has 0 aliphatic heterocycles. The Morgan fingerprint density at radius 2 is 1.60 bits per heavy atom. The minimum Gasteiger partial charge on any atom is -0.332 e. The van der Waals surface area contributed by atoms with Crippen LogP contribution in [-0.2, 0) is 0 Å². The highest BCUT2D eigenvalue weighted by Crippen LogP contribution is 2.11. The summed E-state index contributed by atoms with van der Waals surface area (Å²) in [5.74, 6) is 0. The van der Waals surface area contributed by atoms with E-state index in [0.717, 1.165) is 0 Å². The number of rotatable bonds is 3. The second-order valence-electron chi connectivity index (χ2n) is 4.58. The molecule has 1 unspecified atom stereocenters. The lowest BCUT2D eigenvalue weighted by molar-refractivity contribution is 0.645. The molecule has 0 rings (SSSR count). The van der Waals surface area contributed by atoms with Crippen LogP contribution in [0.3, 0.4) is 0 Å². The van der Waals surface area contributed by atoms with Crippen molar-refractivity contribution in [3.8, 4) is 0 Å². The summed E-state index contributed by atoms with van der Waals surface area (Å²) in [6.45, 7) is 9.82. The molecule has 0 aromatic rings. The summed E-state index contributed by atoms with van der Waals surface area (Å²) in [4.78, 5) is 0. The van der Waals surface area contributed by atoms with Gasteiger partial charge < -0.3 is 4.57 Å². The van der Waals surface area contributed by atoms with E-state index < -0.39 is 17.0 Å². The molecule has 0 N–H and O–H groups in total. The van der Waals surface area contributed by atoms with Crippen molar-refractivity contribution in [2.75, 3.05) is 14.1 Å². The second-order valence-corrected chi connectivity index (χ2v) is 14.1. The molecule has 0 spiro atoms. The second kappa shape index (κ2) is 3.69. The Balaban J connectivity index is 3.68. The first kappa shape index (κ1) is 10.4. The minimum atomic E-state index is -0.763. The van der Waals surface area contributed by atoms with E-state index in [-0.39, 0.29) is 0 Å². The van der Waals surface area contributed by atoms with Crippen LogP contribution >= 0.6 is 0 Å². The molecular weight excluding hydrogens is 154 g/mol. The molecule has 0 saturated carbocycles. The lowest BCUT2D eigenvalue weighted by atomic mass is 11.3. The first-order valence-corrected chi connectivity index (χ1v) is 10.2. The van der Waals surface area contributed by atoms with Crippen LogP contribution in [0.25, 0.3) is 0 Å². The van der Waals surface area contributed by atoms with Gasteiger partial charge >= 0.3 is 0 Å². The maximum Gasteiger partial charge on any atom is 0.105 e.